The van der Waals surface area contributed by atoms with Gasteiger partial charge in [0, 0.05) is 17.9 Å². The van der Waals surface area contributed by atoms with Gasteiger partial charge in [0.2, 0.25) is 0 Å². The van der Waals surface area contributed by atoms with Gasteiger partial charge in [-0.3, -0.25) is 10.2 Å². The number of carbonyl (C=O) groups is 1. The van der Waals surface area contributed by atoms with Crippen molar-refractivity contribution in [2.75, 3.05) is 17.2 Å². The molecule has 1 fully saturated rings. The van der Waals surface area contributed by atoms with E-state index in [0.717, 1.165) is 23.2 Å². The minimum absolute atomic E-state index is 0.128. The molecule has 1 atom stereocenters. The van der Waals surface area contributed by atoms with E-state index in [1.165, 1.54) is 18.4 Å². The highest BCUT2D eigenvalue weighted by molar-refractivity contribution is 6.11. The van der Waals surface area contributed by atoms with E-state index in [9.17, 15) is 18.0 Å². The second kappa shape index (κ2) is 13.1. The van der Waals surface area contributed by atoms with Gasteiger partial charge >= 0.3 is 6.18 Å². The molecule has 0 aromatic heterocycles. The number of hydrogen-bond donors (Lipinski definition) is 5. The van der Waals surface area contributed by atoms with Gasteiger partial charge in [-0.2, -0.15) is 13.2 Å². The molecule has 216 valence electrons. The average molecular weight is 564 g/mol. The van der Waals surface area contributed by atoms with Gasteiger partial charge in [0.1, 0.15) is 11.4 Å². The van der Waals surface area contributed by atoms with Crippen molar-refractivity contribution >= 4 is 23.0 Å². The second-order valence-corrected chi connectivity index (χ2v) is 10.7. The van der Waals surface area contributed by atoms with Crippen LogP contribution < -0.4 is 21.7 Å². The first-order valence-electron chi connectivity index (χ1n) is 13.7. The molecule has 0 bridgehead atoms. The average Bonchev–Trinajstić information content (AvgIpc) is 3.77. The number of rotatable bonds is 12. The molecule has 1 aliphatic rings. The molecule has 1 unspecified atom stereocenters. The molecule has 0 saturated heterocycles. The maximum atomic E-state index is 13.3. The summed E-state index contributed by atoms with van der Waals surface area (Å²) in [6, 6.07) is 22.3. The Morgan fingerprint density at radius 2 is 1.56 bits per heavy atom. The van der Waals surface area contributed by atoms with E-state index in [0.29, 0.717) is 29.3 Å². The molecule has 6 N–H and O–H groups in total. The summed E-state index contributed by atoms with van der Waals surface area (Å²) in [6.45, 7) is 5.38. The van der Waals surface area contributed by atoms with Gasteiger partial charge in [-0.1, -0.05) is 62.4 Å². The van der Waals surface area contributed by atoms with Crippen molar-refractivity contribution in [3.8, 4) is 0 Å². The number of benzene rings is 3. The van der Waals surface area contributed by atoms with Gasteiger partial charge < -0.3 is 21.7 Å². The molecular formula is C32H36F3N5O. The first-order valence-corrected chi connectivity index (χ1v) is 13.7. The zero-order valence-corrected chi connectivity index (χ0v) is 23.2. The Kier molecular flexibility index (Phi) is 9.62. The maximum Gasteiger partial charge on any atom is 0.432 e. The highest BCUT2D eigenvalue weighted by Gasteiger charge is 2.33. The Balaban J connectivity index is 1.61. The minimum Gasteiger partial charge on any atom is -0.351 e. The zero-order chi connectivity index (χ0) is 29.6. The number of allylic oxidation sites excluding steroid dienone is 1. The summed E-state index contributed by atoms with van der Waals surface area (Å²) in [5, 5.41) is 16.6. The van der Waals surface area contributed by atoms with Crippen molar-refractivity contribution in [2.24, 2.45) is 11.7 Å². The number of anilines is 2. The first-order chi connectivity index (χ1) is 19.5. The third-order valence-electron chi connectivity index (χ3n) is 6.98. The van der Waals surface area contributed by atoms with Crippen LogP contribution in [0, 0.1) is 11.3 Å². The third kappa shape index (κ3) is 8.52. The third-order valence-corrected chi connectivity index (χ3v) is 6.98. The van der Waals surface area contributed by atoms with Crippen LogP contribution in [0.5, 0.6) is 0 Å². The summed E-state index contributed by atoms with van der Waals surface area (Å²) >= 11 is 0. The quantitative estimate of drug-likeness (QED) is 0.123. The van der Waals surface area contributed by atoms with E-state index >= 15 is 0 Å². The van der Waals surface area contributed by atoms with Gasteiger partial charge in [0.05, 0.1) is 6.04 Å². The van der Waals surface area contributed by atoms with Crippen molar-refractivity contribution in [1.82, 2.24) is 5.32 Å². The van der Waals surface area contributed by atoms with Gasteiger partial charge in [-0.25, -0.2) is 0 Å². The van der Waals surface area contributed by atoms with E-state index < -0.39 is 23.5 Å². The molecule has 0 heterocycles. The lowest BCUT2D eigenvalue weighted by molar-refractivity contribution is -0.112. The molecule has 9 heteroatoms. The summed E-state index contributed by atoms with van der Waals surface area (Å²) in [5.41, 5.74) is 8.40. The number of amides is 1. The summed E-state index contributed by atoms with van der Waals surface area (Å²) in [4.78, 5) is 13.3. The van der Waals surface area contributed by atoms with E-state index in [-0.39, 0.29) is 12.6 Å². The molecule has 0 radical (unpaired) electrons. The molecule has 1 amide bonds. The fourth-order valence-electron chi connectivity index (χ4n) is 4.44. The molecule has 1 aliphatic carbocycles. The Morgan fingerprint density at radius 3 is 2.20 bits per heavy atom. The standard InChI is InChI=1S/C32H36F3N5O/c1-20(2)23-7-4-8-24(15-23)30(38-19-21-12-13-21)25-9-5-11-27(16-25)40-31(41)28(17-29(37)32(33,34)35)39-26-10-3-6-22(14-26)18-36/h3-11,14-17,20-21,30,37-39H,12-13,18-19,36H2,1-2H3,(H,40,41)/b28-17-,37-29?. The van der Waals surface area contributed by atoms with E-state index in [2.05, 4.69) is 48.0 Å². The predicted octanol–water partition coefficient (Wildman–Crippen LogP) is 6.87. The van der Waals surface area contributed by atoms with Crippen LogP contribution in [0.15, 0.2) is 84.6 Å². The van der Waals surface area contributed by atoms with Crippen LogP contribution in [0.1, 0.15) is 60.9 Å². The first kappa shape index (κ1) is 30.0. The number of halogens is 3. The van der Waals surface area contributed by atoms with Crippen LogP contribution in [0.4, 0.5) is 24.5 Å². The van der Waals surface area contributed by atoms with E-state index in [1.54, 1.807) is 30.3 Å². The number of nitrogens with two attached hydrogens (primary N) is 1. The normalized spacial score (nSPS) is 14.6. The Morgan fingerprint density at radius 1 is 0.951 bits per heavy atom. The number of hydrogen-bond acceptors (Lipinski definition) is 5. The topological polar surface area (TPSA) is 103 Å². The zero-order valence-electron chi connectivity index (χ0n) is 23.2. The summed E-state index contributed by atoms with van der Waals surface area (Å²) < 4.78 is 39.7. The molecule has 0 spiro atoms. The molecule has 1 saturated carbocycles. The Bertz CT molecular complexity index is 1410. The van der Waals surface area contributed by atoms with Crippen LogP contribution >= 0.6 is 0 Å². The van der Waals surface area contributed by atoms with Gasteiger partial charge in [0.15, 0.2) is 0 Å². The van der Waals surface area contributed by atoms with Crippen LogP contribution in [0.25, 0.3) is 0 Å². The van der Waals surface area contributed by atoms with Crippen LogP contribution in [-0.4, -0.2) is 24.3 Å². The van der Waals surface area contributed by atoms with Crippen LogP contribution in [0.2, 0.25) is 0 Å². The van der Waals surface area contributed by atoms with Gasteiger partial charge in [-0.15, -0.1) is 0 Å². The van der Waals surface area contributed by atoms with E-state index in [4.69, 9.17) is 11.1 Å². The number of alkyl halides is 3. The van der Waals surface area contributed by atoms with E-state index in [1.807, 2.05) is 24.3 Å². The molecule has 3 aromatic rings. The minimum atomic E-state index is -4.91. The molecule has 4 rings (SSSR count). The SMILES string of the molecule is CC(C)c1cccc(C(NCC2CC2)c2cccc(NC(=O)/C(=C/C(=N)C(F)(F)F)Nc3cccc(CN)c3)c2)c1. The Labute approximate surface area is 238 Å². The summed E-state index contributed by atoms with van der Waals surface area (Å²) in [5.74, 6) is 0.205. The van der Waals surface area contributed by atoms with Gasteiger partial charge in [-0.05, 0) is 83.8 Å². The Hall–Kier alpha value is -3.95. The maximum absolute atomic E-state index is 13.3. The molecule has 0 aliphatic heterocycles. The lowest BCUT2D eigenvalue weighted by atomic mass is 9.93. The van der Waals surface area contributed by atoms with Crippen LogP contribution in [-0.2, 0) is 11.3 Å². The largest absolute Gasteiger partial charge is 0.432 e. The van der Waals surface area contributed by atoms with Gasteiger partial charge in [0.25, 0.3) is 5.91 Å². The molecule has 3 aromatic carbocycles. The fourth-order valence-corrected chi connectivity index (χ4v) is 4.44. The fraction of sp³-hybridized carbons (Fsp3) is 0.312. The molecule has 41 heavy (non-hydrogen) atoms. The second-order valence-electron chi connectivity index (χ2n) is 10.7. The highest BCUT2D eigenvalue weighted by Crippen LogP contribution is 2.32. The predicted molar refractivity (Wildman–Crippen MR) is 158 cm³/mol. The van der Waals surface area contributed by atoms with Crippen molar-refractivity contribution in [3.63, 3.8) is 0 Å². The van der Waals surface area contributed by atoms with Crippen molar-refractivity contribution in [1.29, 1.82) is 5.41 Å². The van der Waals surface area contributed by atoms with Crippen molar-refractivity contribution in [2.45, 2.75) is 51.4 Å². The summed E-state index contributed by atoms with van der Waals surface area (Å²) in [6.07, 6.45) is -2.01. The van der Waals surface area contributed by atoms with Crippen molar-refractivity contribution in [3.05, 3.63) is 107 Å². The summed E-state index contributed by atoms with van der Waals surface area (Å²) in [7, 11) is 0. The lowest BCUT2D eigenvalue weighted by Gasteiger charge is -2.22. The van der Waals surface area contributed by atoms with Crippen molar-refractivity contribution < 1.29 is 18.0 Å². The number of carbonyl (C=O) groups excluding carboxylic acids is 1. The molecule has 6 nitrogen and oxygen atoms in total. The number of nitrogens with one attached hydrogen (secondary N) is 4. The molecular weight excluding hydrogens is 527 g/mol. The smallest absolute Gasteiger partial charge is 0.351 e. The van der Waals surface area contributed by atoms with Crippen LogP contribution in [0.3, 0.4) is 0 Å². The lowest BCUT2D eigenvalue weighted by Crippen LogP contribution is -2.26. The highest BCUT2D eigenvalue weighted by atomic mass is 19.4. The monoisotopic (exact) mass is 563 g/mol.